The van der Waals surface area contributed by atoms with Gasteiger partial charge in [0.1, 0.15) is 0 Å². The van der Waals surface area contributed by atoms with Crippen molar-refractivity contribution < 1.29 is 0 Å². The van der Waals surface area contributed by atoms with Crippen LogP contribution in [0.5, 0.6) is 0 Å². The van der Waals surface area contributed by atoms with E-state index < -0.39 is 0 Å². The Morgan fingerprint density at radius 2 is 2.00 bits per heavy atom. The van der Waals surface area contributed by atoms with E-state index in [2.05, 4.69) is 36.8 Å². The summed E-state index contributed by atoms with van der Waals surface area (Å²) in [5.74, 6) is 0. The maximum Gasteiger partial charge on any atom is 0.348 e. The van der Waals surface area contributed by atoms with Gasteiger partial charge in [-0.2, -0.15) is 4.98 Å². The van der Waals surface area contributed by atoms with Crippen molar-refractivity contribution in [2.75, 3.05) is 5.73 Å². The molecule has 0 bridgehead atoms. The molecule has 2 rings (SSSR count). The number of hydrogen-bond donors (Lipinski definition) is 1. The van der Waals surface area contributed by atoms with Gasteiger partial charge in [0.25, 0.3) is 0 Å². The summed E-state index contributed by atoms with van der Waals surface area (Å²) >= 11 is 6.81. The molecule has 0 fully saturated rings. The van der Waals surface area contributed by atoms with Gasteiger partial charge in [0, 0.05) is 15.9 Å². The third kappa shape index (κ3) is 2.90. The van der Waals surface area contributed by atoms with Crippen molar-refractivity contribution in [2.45, 2.75) is 20.4 Å². The van der Waals surface area contributed by atoms with Gasteiger partial charge in [-0.1, -0.05) is 22.0 Å². The molecule has 1 aromatic carbocycles. The molecule has 0 aliphatic heterocycles. The smallest absolute Gasteiger partial charge is 0.348 e. The molecule has 2 N–H and O–H groups in total. The fraction of sp³-hybridized carbons (Fsp3) is 0.231. The highest BCUT2D eigenvalue weighted by Crippen LogP contribution is 2.21. The zero-order valence-electron chi connectivity index (χ0n) is 10.6. The molecule has 100 valence electrons. The first kappa shape index (κ1) is 14.3. The van der Waals surface area contributed by atoms with Crippen molar-refractivity contribution in [3.8, 4) is 0 Å². The summed E-state index contributed by atoms with van der Waals surface area (Å²) in [6.45, 7) is 4.10. The molecule has 6 heteroatoms. The highest BCUT2D eigenvalue weighted by molar-refractivity contribution is 9.10. The number of nitrogens with zero attached hydrogens (tertiary/aromatic N) is 2. The van der Waals surface area contributed by atoms with Crippen LogP contribution in [0.25, 0.3) is 0 Å². The van der Waals surface area contributed by atoms with E-state index in [4.69, 9.17) is 5.73 Å². The minimum absolute atomic E-state index is 0.263. The largest absolute Gasteiger partial charge is 0.398 e. The minimum atomic E-state index is -0.263. The normalized spacial score (nSPS) is 10.7. The van der Waals surface area contributed by atoms with Crippen molar-refractivity contribution in [1.29, 1.82) is 0 Å². The van der Waals surface area contributed by atoms with Gasteiger partial charge in [0.05, 0.1) is 16.7 Å². The van der Waals surface area contributed by atoms with Crippen LogP contribution in [-0.2, 0) is 6.54 Å². The second kappa shape index (κ2) is 5.46. The number of hydrogen-bond acceptors (Lipinski definition) is 3. The lowest BCUT2D eigenvalue weighted by Gasteiger charge is -2.13. The SMILES string of the molecule is Cc1nc(=O)n(Cc2ccc(Br)cc2N)c(C)c1Br. The topological polar surface area (TPSA) is 60.9 Å². The molecule has 0 saturated carbocycles. The van der Waals surface area contributed by atoms with Crippen molar-refractivity contribution in [3.05, 3.63) is 54.6 Å². The average Bonchev–Trinajstić information content (AvgIpc) is 2.34. The third-order valence-electron chi connectivity index (χ3n) is 2.97. The van der Waals surface area contributed by atoms with Crippen molar-refractivity contribution in [1.82, 2.24) is 9.55 Å². The van der Waals surface area contributed by atoms with Gasteiger partial charge >= 0.3 is 5.69 Å². The van der Waals surface area contributed by atoms with Crippen LogP contribution in [0.2, 0.25) is 0 Å². The standard InChI is InChI=1S/C13H13Br2N3O/c1-7-12(15)8(2)18(13(19)17-7)6-9-3-4-10(14)5-11(9)16/h3-5H,6,16H2,1-2H3. The number of nitrogens with two attached hydrogens (primary N) is 1. The fourth-order valence-electron chi connectivity index (χ4n) is 1.84. The molecule has 19 heavy (non-hydrogen) atoms. The molecule has 0 aliphatic carbocycles. The van der Waals surface area contributed by atoms with Crippen LogP contribution in [0.3, 0.4) is 0 Å². The molecule has 0 atom stereocenters. The summed E-state index contributed by atoms with van der Waals surface area (Å²) in [6, 6.07) is 5.63. The Hall–Kier alpha value is -1.14. The van der Waals surface area contributed by atoms with Gasteiger partial charge in [-0.3, -0.25) is 4.57 Å². The summed E-state index contributed by atoms with van der Waals surface area (Å²) < 4.78 is 3.38. The molecule has 1 aromatic heterocycles. The summed E-state index contributed by atoms with van der Waals surface area (Å²) in [4.78, 5) is 16.0. The Morgan fingerprint density at radius 1 is 1.32 bits per heavy atom. The molecule has 0 amide bonds. The zero-order valence-corrected chi connectivity index (χ0v) is 13.7. The lowest BCUT2D eigenvalue weighted by atomic mass is 10.2. The van der Waals surface area contributed by atoms with Crippen LogP contribution >= 0.6 is 31.9 Å². The van der Waals surface area contributed by atoms with Crippen LogP contribution < -0.4 is 11.4 Å². The van der Waals surface area contributed by atoms with Crippen molar-refractivity contribution >= 4 is 37.5 Å². The number of anilines is 1. The molecule has 1 heterocycles. The van der Waals surface area contributed by atoms with Gasteiger partial charge in [-0.25, -0.2) is 4.79 Å². The highest BCUT2D eigenvalue weighted by Gasteiger charge is 2.10. The van der Waals surface area contributed by atoms with Crippen LogP contribution in [0, 0.1) is 13.8 Å². The molecule has 4 nitrogen and oxygen atoms in total. The van der Waals surface area contributed by atoms with Gasteiger partial charge < -0.3 is 5.73 Å². The number of halogens is 2. The Morgan fingerprint density at radius 3 is 2.63 bits per heavy atom. The number of benzene rings is 1. The zero-order chi connectivity index (χ0) is 14.2. The maximum absolute atomic E-state index is 12.0. The first-order valence-corrected chi connectivity index (χ1v) is 7.26. The van der Waals surface area contributed by atoms with Gasteiger partial charge in [0.2, 0.25) is 0 Å². The number of rotatable bonds is 2. The lowest BCUT2D eigenvalue weighted by molar-refractivity contribution is 0.689. The van der Waals surface area contributed by atoms with Crippen LogP contribution in [-0.4, -0.2) is 9.55 Å². The Balaban J connectivity index is 2.50. The molecular weight excluding hydrogens is 374 g/mol. The van der Waals surface area contributed by atoms with Gasteiger partial charge in [-0.15, -0.1) is 0 Å². The summed E-state index contributed by atoms with van der Waals surface area (Å²) in [7, 11) is 0. The molecule has 0 spiro atoms. The van der Waals surface area contributed by atoms with Crippen LogP contribution in [0.15, 0.2) is 31.9 Å². The highest BCUT2D eigenvalue weighted by atomic mass is 79.9. The Labute approximate surface area is 127 Å². The number of aryl methyl sites for hydroxylation is 1. The molecule has 2 aromatic rings. The molecule has 0 aliphatic rings. The van der Waals surface area contributed by atoms with E-state index in [1.54, 1.807) is 11.5 Å². The molecule has 0 radical (unpaired) electrons. The lowest BCUT2D eigenvalue weighted by Crippen LogP contribution is -2.27. The van der Waals surface area contributed by atoms with E-state index in [1.807, 2.05) is 25.1 Å². The predicted molar refractivity (Wildman–Crippen MR) is 83.3 cm³/mol. The maximum atomic E-state index is 12.0. The summed E-state index contributed by atoms with van der Waals surface area (Å²) in [5, 5.41) is 0. The fourth-order valence-corrected chi connectivity index (χ4v) is 2.52. The predicted octanol–water partition coefficient (Wildman–Crippen LogP) is 3.02. The van der Waals surface area contributed by atoms with E-state index in [0.717, 1.165) is 20.2 Å². The first-order valence-electron chi connectivity index (χ1n) is 5.67. The number of aromatic nitrogens is 2. The van der Waals surface area contributed by atoms with E-state index >= 15 is 0 Å². The molecule has 0 unspecified atom stereocenters. The van der Waals surface area contributed by atoms with Crippen LogP contribution in [0.4, 0.5) is 5.69 Å². The van der Waals surface area contributed by atoms with Crippen molar-refractivity contribution in [2.24, 2.45) is 0 Å². The van der Waals surface area contributed by atoms with E-state index in [1.165, 1.54) is 0 Å². The Kier molecular flexibility index (Phi) is 4.10. The summed E-state index contributed by atoms with van der Waals surface area (Å²) in [5.41, 5.74) is 8.79. The first-order chi connectivity index (χ1) is 8.90. The second-order valence-corrected chi connectivity index (χ2v) is 6.02. The average molecular weight is 387 g/mol. The quantitative estimate of drug-likeness (QED) is 0.807. The molecule has 0 saturated heterocycles. The van der Waals surface area contributed by atoms with E-state index in [0.29, 0.717) is 17.9 Å². The Bertz CT molecular complexity index is 695. The molecular formula is C13H13Br2N3O. The van der Waals surface area contributed by atoms with Crippen molar-refractivity contribution in [3.63, 3.8) is 0 Å². The number of nitrogen functional groups attached to an aromatic ring is 1. The minimum Gasteiger partial charge on any atom is -0.398 e. The monoisotopic (exact) mass is 385 g/mol. The van der Waals surface area contributed by atoms with Gasteiger partial charge in [0.15, 0.2) is 0 Å². The van der Waals surface area contributed by atoms with Gasteiger partial charge in [-0.05, 0) is 47.5 Å². The van der Waals surface area contributed by atoms with Crippen LogP contribution in [0.1, 0.15) is 17.0 Å². The van der Waals surface area contributed by atoms with E-state index in [9.17, 15) is 4.79 Å². The van der Waals surface area contributed by atoms with E-state index in [-0.39, 0.29) is 5.69 Å². The third-order valence-corrected chi connectivity index (χ3v) is 4.61. The second-order valence-electron chi connectivity index (χ2n) is 4.31. The summed E-state index contributed by atoms with van der Waals surface area (Å²) in [6.07, 6.45) is 0.